The van der Waals surface area contributed by atoms with Crippen LogP contribution in [0.1, 0.15) is 55.3 Å². The molecule has 0 saturated carbocycles. The SMILES string of the molecule is C=C1c2ccccc2C(=O)N1CC(=O)NNC(=O)c1cc2c(s1)CCCCC2. The molecule has 2 N–H and O–H groups in total. The van der Waals surface area contributed by atoms with E-state index in [0.29, 0.717) is 16.1 Å². The second-order valence-electron chi connectivity index (χ2n) is 7.01. The van der Waals surface area contributed by atoms with Crippen molar-refractivity contribution in [2.75, 3.05) is 6.54 Å². The number of benzene rings is 1. The Labute approximate surface area is 167 Å². The molecule has 0 spiro atoms. The van der Waals surface area contributed by atoms with E-state index in [2.05, 4.69) is 17.4 Å². The zero-order valence-electron chi connectivity index (χ0n) is 15.4. The second kappa shape index (κ2) is 7.59. The average molecular weight is 395 g/mol. The van der Waals surface area contributed by atoms with Gasteiger partial charge in [-0.05, 0) is 43.4 Å². The first kappa shape index (κ1) is 18.4. The highest BCUT2D eigenvalue weighted by atomic mass is 32.1. The fraction of sp³-hybridized carbons (Fsp3) is 0.286. The number of amides is 3. The van der Waals surface area contributed by atoms with Crippen LogP contribution in [0.2, 0.25) is 0 Å². The third kappa shape index (κ3) is 3.45. The van der Waals surface area contributed by atoms with Gasteiger partial charge in [0.2, 0.25) is 0 Å². The molecule has 1 aliphatic carbocycles. The third-order valence-electron chi connectivity index (χ3n) is 5.13. The smallest absolute Gasteiger partial charge is 0.279 e. The Balaban J connectivity index is 1.34. The number of hydrazine groups is 1. The third-order valence-corrected chi connectivity index (χ3v) is 6.36. The van der Waals surface area contributed by atoms with Crippen LogP contribution >= 0.6 is 11.3 Å². The van der Waals surface area contributed by atoms with E-state index in [-0.39, 0.29) is 18.4 Å². The molecule has 28 heavy (non-hydrogen) atoms. The summed E-state index contributed by atoms with van der Waals surface area (Å²) in [6.07, 6.45) is 5.55. The zero-order valence-corrected chi connectivity index (χ0v) is 16.2. The number of thiophene rings is 1. The van der Waals surface area contributed by atoms with Crippen molar-refractivity contribution >= 4 is 34.8 Å². The van der Waals surface area contributed by atoms with Gasteiger partial charge in [0.05, 0.1) is 4.88 Å². The van der Waals surface area contributed by atoms with Crippen molar-refractivity contribution in [3.05, 3.63) is 63.4 Å². The Morgan fingerprint density at radius 2 is 1.82 bits per heavy atom. The van der Waals surface area contributed by atoms with Gasteiger partial charge in [0.1, 0.15) is 6.54 Å². The number of nitrogens with one attached hydrogen (secondary N) is 2. The van der Waals surface area contributed by atoms with Gasteiger partial charge in [-0.1, -0.05) is 31.2 Å². The first-order chi connectivity index (χ1) is 13.5. The Morgan fingerprint density at radius 1 is 1.07 bits per heavy atom. The molecule has 4 rings (SSSR count). The predicted molar refractivity (Wildman–Crippen MR) is 108 cm³/mol. The molecule has 144 valence electrons. The van der Waals surface area contributed by atoms with Gasteiger partial charge >= 0.3 is 0 Å². The number of hydrogen-bond acceptors (Lipinski definition) is 4. The molecule has 0 fully saturated rings. The van der Waals surface area contributed by atoms with Crippen molar-refractivity contribution < 1.29 is 14.4 Å². The maximum atomic E-state index is 12.4. The average Bonchev–Trinajstić information content (AvgIpc) is 3.12. The minimum absolute atomic E-state index is 0.201. The number of carbonyl (C=O) groups is 3. The van der Waals surface area contributed by atoms with Crippen LogP contribution in [0.3, 0.4) is 0 Å². The number of rotatable bonds is 3. The lowest BCUT2D eigenvalue weighted by molar-refractivity contribution is -0.122. The van der Waals surface area contributed by atoms with Crippen molar-refractivity contribution in [1.82, 2.24) is 15.8 Å². The summed E-state index contributed by atoms with van der Waals surface area (Å²) in [5.74, 6) is -1.07. The topological polar surface area (TPSA) is 78.5 Å². The Hall–Kier alpha value is -2.93. The molecule has 0 unspecified atom stereocenters. The number of fused-ring (bicyclic) bond motifs is 2. The lowest BCUT2D eigenvalue weighted by atomic mass is 10.1. The lowest BCUT2D eigenvalue weighted by Crippen LogP contribution is -2.46. The molecular weight excluding hydrogens is 374 g/mol. The highest BCUT2D eigenvalue weighted by Crippen LogP contribution is 2.31. The summed E-state index contributed by atoms with van der Waals surface area (Å²) < 4.78 is 0. The summed E-state index contributed by atoms with van der Waals surface area (Å²) >= 11 is 1.49. The summed E-state index contributed by atoms with van der Waals surface area (Å²) in [6, 6.07) is 9.04. The van der Waals surface area contributed by atoms with Crippen LogP contribution in [0, 0.1) is 0 Å². The molecule has 0 radical (unpaired) electrons. The molecule has 0 atom stereocenters. The fourth-order valence-corrected chi connectivity index (χ4v) is 4.80. The molecule has 7 heteroatoms. The standard InChI is InChI=1S/C21H21N3O3S/c1-13-15-8-5-6-9-16(15)21(27)24(13)12-19(25)22-23-20(26)18-11-14-7-3-2-4-10-17(14)28-18/h5-6,8-9,11H,1-4,7,10,12H2,(H,22,25)(H,23,26). The highest BCUT2D eigenvalue weighted by Gasteiger charge is 2.32. The first-order valence-electron chi connectivity index (χ1n) is 9.35. The van der Waals surface area contributed by atoms with E-state index in [1.165, 1.54) is 33.1 Å². The molecule has 3 amide bonds. The van der Waals surface area contributed by atoms with Gasteiger partial charge in [0.15, 0.2) is 0 Å². The minimum atomic E-state index is -0.478. The van der Waals surface area contributed by atoms with Crippen molar-refractivity contribution in [1.29, 1.82) is 0 Å². The quantitative estimate of drug-likeness (QED) is 0.620. The predicted octanol–water partition coefficient (Wildman–Crippen LogP) is 2.90. The normalized spacial score (nSPS) is 15.6. The van der Waals surface area contributed by atoms with E-state index in [1.807, 2.05) is 12.1 Å². The van der Waals surface area contributed by atoms with Crippen LogP contribution in [-0.4, -0.2) is 29.2 Å². The molecule has 6 nitrogen and oxygen atoms in total. The van der Waals surface area contributed by atoms with Gasteiger partial charge in [-0.15, -0.1) is 11.3 Å². The molecule has 0 bridgehead atoms. The van der Waals surface area contributed by atoms with E-state index in [0.717, 1.165) is 31.2 Å². The van der Waals surface area contributed by atoms with Crippen molar-refractivity contribution in [3.8, 4) is 0 Å². The van der Waals surface area contributed by atoms with Crippen LogP contribution in [0.15, 0.2) is 36.9 Å². The number of carbonyl (C=O) groups excluding carboxylic acids is 3. The van der Waals surface area contributed by atoms with Crippen molar-refractivity contribution in [2.24, 2.45) is 0 Å². The van der Waals surface area contributed by atoms with Crippen LogP contribution in [-0.2, 0) is 17.6 Å². The minimum Gasteiger partial charge on any atom is -0.299 e. The van der Waals surface area contributed by atoms with Crippen LogP contribution in [0.5, 0.6) is 0 Å². The van der Waals surface area contributed by atoms with E-state index >= 15 is 0 Å². The molecule has 1 aliphatic heterocycles. The van der Waals surface area contributed by atoms with E-state index in [9.17, 15) is 14.4 Å². The van der Waals surface area contributed by atoms with Crippen LogP contribution in [0.4, 0.5) is 0 Å². The molecule has 2 heterocycles. The number of nitrogens with zero attached hydrogens (tertiary/aromatic N) is 1. The summed E-state index contributed by atoms with van der Waals surface area (Å²) in [7, 11) is 0. The van der Waals surface area contributed by atoms with Crippen molar-refractivity contribution in [2.45, 2.75) is 32.1 Å². The highest BCUT2D eigenvalue weighted by molar-refractivity contribution is 7.14. The first-order valence-corrected chi connectivity index (χ1v) is 10.2. The van der Waals surface area contributed by atoms with Crippen LogP contribution in [0.25, 0.3) is 5.70 Å². The van der Waals surface area contributed by atoms with E-state index in [4.69, 9.17) is 0 Å². The summed E-state index contributed by atoms with van der Waals surface area (Å²) in [5, 5.41) is 0. The van der Waals surface area contributed by atoms with Gasteiger partial charge in [0, 0.05) is 21.7 Å². The summed E-state index contributed by atoms with van der Waals surface area (Å²) in [5.41, 5.74) is 7.85. The van der Waals surface area contributed by atoms with Crippen molar-refractivity contribution in [3.63, 3.8) is 0 Å². The molecular formula is C21H21N3O3S. The maximum absolute atomic E-state index is 12.4. The monoisotopic (exact) mass is 395 g/mol. The fourth-order valence-electron chi connectivity index (χ4n) is 3.65. The second-order valence-corrected chi connectivity index (χ2v) is 8.14. The van der Waals surface area contributed by atoms with Gasteiger partial charge < -0.3 is 0 Å². The molecule has 2 aliphatic rings. The number of hydrogen-bond donors (Lipinski definition) is 2. The Morgan fingerprint density at radius 3 is 2.61 bits per heavy atom. The zero-order chi connectivity index (χ0) is 19.7. The Kier molecular flexibility index (Phi) is 5.00. The van der Waals surface area contributed by atoms with E-state index in [1.54, 1.807) is 18.2 Å². The largest absolute Gasteiger partial charge is 0.299 e. The van der Waals surface area contributed by atoms with Gasteiger partial charge in [-0.25, -0.2) is 0 Å². The molecule has 2 aromatic rings. The summed E-state index contributed by atoms with van der Waals surface area (Å²) in [6.45, 7) is 3.71. The summed E-state index contributed by atoms with van der Waals surface area (Å²) in [4.78, 5) is 40.3. The van der Waals surface area contributed by atoms with Gasteiger partial charge in [-0.3, -0.25) is 30.1 Å². The van der Waals surface area contributed by atoms with Gasteiger partial charge in [0.25, 0.3) is 17.7 Å². The van der Waals surface area contributed by atoms with E-state index < -0.39 is 5.91 Å². The molecule has 1 aromatic carbocycles. The van der Waals surface area contributed by atoms with Crippen LogP contribution < -0.4 is 10.9 Å². The lowest BCUT2D eigenvalue weighted by Gasteiger charge is -2.17. The molecule has 1 aromatic heterocycles. The maximum Gasteiger partial charge on any atom is 0.279 e. The molecule has 0 saturated heterocycles. The Bertz CT molecular complexity index is 921. The number of aryl methyl sites for hydroxylation is 2. The van der Waals surface area contributed by atoms with Gasteiger partial charge in [-0.2, -0.15) is 0 Å².